The van der Waals surface area contributed by atoms with Crippen molar-refractivity contribution in [2.45, 2.75) is 27.2 Å². The van der Waals surface area contributed by atoms with Gasteiger partial charge in [-0.25, -0.2) is 0 Å². The Balaban J connectivity index is 2.41. The molecule has 0 fully saturated rings. The van der Waals surface area contributed by atoms with Crippen molar-refractivity contribution in [3.8, 4) is 0 Å². The fraction of sp³-hybridized carbons (Fsp3) is 0.467. The number of amides is 1. The Labute approximate surface area is 113 Å². The van der Waals surface area contributed by atoms with Crippen LogP contribution in [0, 0.1) is 18.8 Å². The Hall–Kier alpha value is -1.84. The average molecular weight is 263 g/mol. The summed E-state index contributed by atoms with van der Waals surface area (Å²) >= 11 is 0. The molecule has 4 heteroatoms. The van der Waals surface area contributed by atoms with Gasteiger partial charge in [0.2, 0.25) is 5.91 Å². The molecule has 104 valence electrons. The summed E-state index contributed by atoms with van der Waals surface area (Å²) in [7, 11) is 0. The molecular formula is C15H21NO3. The van der Waals surface area contributed by atoms with Crippen molar-refractivity contribution in [3.05, 3.63) is 35.4 Å². The summed E-state index contributed by atoms with van der Waals surface area (Å²) in [6.07, 6.45) is 0.752. The van der Waals surface area contributed by atoms with Crippen LogP contribution in [0.25, 0.3) is 0 Å². The first-order chi connectivity index (χ1) is 8.91. The summed E-state index contributed by atoms with van der Waals surface area (Å²) in [5.41, 5.74) is 2.36. The second kappa shape index (κ2) is 6.92. The molecule has 0 spiro atoms. The van der Waals surface area contributed by atoms with E-state index < -0.39 is 17.8 Å². The summed E-state index contributed by atoms with van der Waals surface area (Å²) in [6.45, 7) is 5.74. The van der Waals surface area contributed by atoms with E-state index in [9.17, 15) is 9.59 Å². The number of rotatable bonds is 6. The van der Waals surface area contributed by atoms with Gasteiger partial charge in [0.15, 0.2) is 0 Å². The second-order valence-electron chi connectivity index (χ2n) is 4.95. The number of aryl methyl sites for hydroxylation is 1. The van der Waals surface area contributed by atoms with Gasteiger partial charge in [-0.1, -0.05) is 43.7 Å². The highest BCUT2D eigenvalue weighted by molar-refractivity contribution is 5.84. The van der Waals surface area contributed by atoms with Crippen LogP contribution in [0.2, 0.25) is 0 Å². The first-order valence-electron chi connectivity index (χ1n) is 6.48. The Bertz CT molecular complexity index is 456. The highest BCUT2D eigenvalue weighted by atomic mass is 16.4. The maximum Gasteiger partial charge on any atom is 0.307 e. The predicted octanol–water partition coefficient (Wildman–Crippen LogP) is 2.01. The van der Waals surface area contributed by atoms with Crippen LogP contribution in [0.15, 0.2) is 24.3 Å². The molecule has 2 N–H and O–H groups in total. The number of carbonyl (C=O) groups is 2. The van der Waals surface area contributed by atoms with Crippen molar-refractivity contribution in [1.29, 1.82) is 0 Å². The Kier molecular flexibility index (Phi) is 5.55. The van der Waals surface area contributed by atoms with Crippen molar-refractivity contribution in [1.82, 2.24) is 5.32 Å². The SMILES string of the molecule is Cc1cccc(CCNC(=O)C(C)C(C)C(=O)O)c1. The van der Waals surface area contributed by atoms with Crippen LogP contribution in [0.1, 0.15) is 25.0 Å². The molecule has 0 aliphatic carbocycles. The molecule has 2 unspecified atom stereocenters. The zero-order valence-electron chi connectivity index (χ0n) is 11.6. The van der Waals surface area contributed by atoms with Crippen LogP contribution >= 0.6 is 0 Å². The van der Waals surface area contributed by atoms with Gasteiger partial charge in [0.1, 0.15) is 0 Å². The molecule has 1 rings (SSSR count). The molecule has 0 aliphatic rings. The lowest BCUT2D eigenvalue weighted by Gasteiger charge is -2.15. The lowest BCUT2D eigenvalue weighted by molar-refractivity contribution is -0.146. The summed E-state index contributed by atoms with van der Waals surface area (Å²) < 4.78 is 0. The Morgan fingerprint density at radius 1 is 1.26 bits per heavy atom. The molecule has 0 aliphatic heterocycles. The van der Waals surface area contributed by atoms with Gasteiger partial charge in [-0.2, -0.15) is 0 Å². The molecule has 0 radical (unpaired) electrons. The van der Waals surface area contributed by atoms with Crippen molar-refractivity contribution < 1.29 is 14.7 Å². The minimum atomic E-state index is -0.943. The largest absolute Gasteiger partial charge is 0.481 e. The third kappa shape index (κ3) is 4.73. The quantitative estimate of drug-likeness (QED) is 0.825. The molecule has 0 bridgehead atoms. The standard InChI is InChI=1S/C15H21NO3/c1-10-5-4-6-13(9-10)7-8-16-14(17)11(2)12(3)15(18)19/h4-6,9,11-12H,7-8H2,1-3H3,(H,16,17)(H,18,19). The molecule has 0 saturated carbocycles. The van der Waals surface area contributed by atoms with E-state index in [4.69, 9.17) is 5.11 Å². The number of hydrogen-bond donors (Lipinski definition) is 2. The zero-order chi connectivity index (χ0) is 14.4. The van der Waals surface area contributed by atoms with E-state index in [0.29, 0.717) is 6.54 Å². The lowest BCUT2D eigenvalue weighted by Crippen LogP contribution is -2.36. The van der Waals surface area contributed by atoms with E-state index >= 15 is 0 Å². The van der Waals surface area contributed by atoms with Crippen molar-refractivity contribution in [3.63, 3.8) is 0 Å². The monoisotopic (exact) mass is 263 g/mol. The highest BCUT2D eigenvalue weighted by Crippen LogP contribution is 2.11. The normalized spacial score (nSPS) is 13.6. The summed E-state index contributed by atoms with van der Waals surface area (Å²) in [4.78, 5) is 22.6. The van der Waals surface area contributed by atoms with Gasteiger partial charge in [-0.3, -0.25) is 9.59 Å². The molecule has 19 heavy (non-hydrogen) atoms. The number of hydrogen-bond acceptors (Lipinski definition) is 2. The number of aliphatic carboxylic acids is 1. The van der Waals surface area contributed by atoms with Gasteiger partial charge in [0.05, 0.1) is 5.92 Å². The van der Waals surface area contributed by atoms with Gasteiger partial charge in [-0.05, 0) is 18.9 Å². The van der Waals surface area contributed by atoms with Crippen LogP contribution in [-0.4, -0.2) is 23.5 Å². The van der Waals surface area contributed by atoms with E-state index in [-0.39, 0.29) is 5.91 Å². The second-order valence-corrected chi connectivity index (χ2v) is 4.95. The van der Waals surface area contributed by atoms with Crippen LogP contribution in [-0.2, 0) is 16.0 Å². The summed E-state index contributed by atoms with van der Waals surface area (Å²) in [5, 5.41) is 11.6. The first-order valence-corrected chi connectivity index (χ1v) is 6.48. The molecular weight excluding hydrogens is 242 g/mol. The maximum absolute atomic E-state index is 11.8. The zero-order valence-corrected chi connectivity index (χ0v) is 11.6. The van der Waals surface area contributed by atoms with Crippen molar-refractivity contribution in [2.24, 2.45) is 11.8 Å². The smallest absolute Gasteiger partial charge is 0.307 e. The third-order valence-electron chi connectivity index (χ3n) is 3.35. The topological polar surface area (TPSA) is 66.4 Å². The van der Waals surface area contributed by atoms with E-state index in [2.05, 4.69) is 11.4 Å². The van der Waals surface area contributed by atoms with Crippen LogP contribution in [0.3, 0.4) is 0 Å². The molecule has 1 aromatic carbocycles. The minimum absolute atomic E-state index is 0.206. The molecule has 1 aromatic rings. The molecule has 0 heterocycles. The van der Waals surface area contributed by atoms with Gasteiger partial charge >= 0.3 is 5.97 Å². The average Bonchev–Trinajstić information content (AvgIpc) is 2.36. The van der Waals surface area contributed by atoms with Gasteiger partial charge in [-0.15, -0.1) is 0 Å². The van der Waals surface area contributed by atoms with Crippen molar-refractivity contribution >= 4 is 11.9 Å². The molecule has 0 saturated heterocycles. The van der Waals surface area contributed by atoms with Crippen molar-refractivity contribution in [2.75, 3.05) is 6.54 Å². The number of carboxylic acids is 1. The molecule has 4 nitrogen and oxygen atoms in total. The van der Waals surface area contributed by atoms with Gasteiger partial charge < -0.3 is 10.4 Å². The number of nitrogens with one attached hydrogen (secondary N) is 1. The lowest BCUT2D eigenvalue weighted by atomic mass is 9.95. The molecule has 2 atom stereocenters. The molecule has 0 aromatic heterocycles. The summed E-state index contributed by atoms with van der Waals surface area (Å²) in [5.74, 6) is -2.34. The number of carbonyl (C=O) groups excluding carboxylic acids is 1. The highest BCUT2D eigenvalue weighted by Gasteiger charge is 2.25. The number of benzene rings is 1. The van der Waals surface area contributed by atoms with E-state index in [1.54, 1.807) is 13.8 Å². The van der Waals surface area contributed by atoms with E-state index in [1.807, 2.05) is 25.1 Å². The van der Waals surface area contributed by atoms with Crippen LogP contribution in [0.5, 0.6) is 0 Å². The maximum atomic E-state index is 11.8. The van der Waals surface area contributed by atoms with Gasteiger partial charge in [0, 0.05) is 12.5 Å². The Morgan fingerprint density at radius 3 is 2.53 bits per heavy atom. The fourth-order valence-electron chi connectivity index (χ4n) is 1.80. The van der Waals surface area contributed by atoms with Crippen LogP contribution in [0.4, 0.5) is 0 Å². The predicted molar refractivity (Wildman–Crippen MR) is 73.9 cm³/mol. The summed E-state index contributed by atoms with van der Waals surface area (Å²) in [6, 6.07) is 8.11. The molecule has 1 amide bonds. The third-order valence-corrected chi connectivity index (χ3v) is 3.35. The minimum Gasteiger partial charge on any atom is -0.481 e. The Morgan fingerprint density at radius 2 is 1.95 bits per heavy atom. The van der Waals surface area contributed by atoms with Crippen LogP contribution < -0.4 is 5.32 Å². The first kappa shape index (κ1) is 15.2. The van der Waals surface area contributed by atoms with E-state index in [0.717, 1.165) is 6.42 Å². The van der Waals surface area contributed by atoms with E-state index in [1.165, 1.54) is 11.1 Å². The fourth-order valence-corrected chi connectivity index (χ4v) is 1.80. The van der Waals surface area contributed by atoms with Gasteiger partial charge in [0.25, 0.3) is 0 Å². The number of carboxylic acid groups (broad SMARTS) is 1.